The van der Waals surface area contributed by atoms with E-state index < -0.39 is 11.9 Å². The Labute approximate surface area is 109 Å². The van der Waals surface area contributed by atoms with Crippen molar-refractivity contribution in [2.45, 2.75) is 26.9 Å². The monoisotopic (exact) mass is 268 g/mol. The maximum atomic E-state index is 12.9. The molecule has 2 rings (SSSR count). The van der Waals surface area contributed by atoms with Crippen LogP contribution in [-0.2, 0) is 6.18 Å². The fourth-order valence-corrected chi connectivity index (χ4v) is 2.12. The molecule has 1 heterocycles. The standard InChI is InChI=1S/C14H15F3N2/c1-4-18-10-7-11(14(15,16)17)19-13-9(3)6-5-8(2)12(10)13/h5-7H,4H2,1-3H3,(H,18,19). The van der Waals surface area contributed by atoms with Gasteiger partial charge in [-0.3, -0.25) is 0 Å². The number of alkyl halides is 3. The van der Waals surface area contributed by atoms with E-state index in [0.29, 0.717) is 17.7 Å². The van der Waals surface area contributed by atoms with Crippen molar-refractivity contribution in [3.63, 3.8) is 0 Å². The molecule has 1 N–H and O–H groups in total. The predicted molar refractivity (Wildman–Crippen MR) is 70.4 cm³/mol. The summed E-state index contributed by atoms with van der Waals surface area (Å²) in [6.07, 6.45) is -4.44. The van der Waals surface area contributed by atoms with Crippen molar-refractivity contribution >= 4 is 16.6 Å². The fraction of sp³-hybridized carbons (Fsp3) is 0.357. The smallest absolute Gasteiger partial charge is 0.385 e. The van der Waals surface area contributed by atoms with Gasteiger partial charge in [0.25, 0.3) is 0 Å². The fourth-order valence-electron chi connectivity index (χ4n) is 2.12. The Morgan fingerprint density at radius 1 is 1.16 bits per heavy atom. The molecule has 0 aliphatic carbocycles. The van der Waals surface area contributed by atoms with Gasteiger partial charge in [0.2, 0.25) is 0 Å². The molecule has 19 heavy (non-hydrogen) atoms. The topological polar surface area (TPSA) is 24.9 Å². The maximum Gasteiger partial charge on any atom is 0.433 e. The van der Waals surface area contributed by atoms with Gasteiger partial charge in [-0.25, -0.2) is 4.98 Å². The molecule has 1 aromatic carbocycles. The van der Waals surface area contributed by atoms with Gasteiger partial charge in [0.1, 0.15) is 5.69 Å². The molecule has 0 spiro atoms. The highest BCUT2D eigenvalue weighted by Gasteiger charge is 2.33. The summed E-state index contributed by atoms with van der Waals surface area (Å²) in [5.74, 6) is 0. The van der Waals surface area contributed by atoms with E-state index in [4.69, 9.17) is 0 Å². The minimum atomic E-state index is -4.44. The second-order valence-electron chi connectivity index (χ2n) is 4.51. The molecule has 0 fully saturated rings. The third-order valence-electron chi connectivity index (χ3n) is 3.03. The van der Waals surface area contributed by atoms with Gasteiger partial charge < -0.3 is 5.32 Å². The van der Waals surface area contributed by atoms with Crippen molar-refractivity contribution in [2.24, 2.45) is 0 Å². The number of anilines is 1. The van der Waals surface area contributed by atoms with Crippen LogP contribution in [-0.4, -0.2) is 11.5 Å². The molecule has 0 atom stereocenters. The first kappa shape index (κ1) is 13.6. The molecule has 2 nitrogen and oxygen atoms in total. The minimum absolute atomic E-state index is 0.408. The molecule has 2 aromatic rings. The quantitative estimate of drug-likeness (QED) is 0.878. The Morgan fingerprint density at radius 3 is 2.37 bits per heavy atom. The first-order chi connectivity index (χ1) is 8.84. The van der Waals surface area contributed by atoms with Gasteiger partial charge in [0.05, 0.1) is 5.52 Å². The molecule has 0 amide bonds. The van der Waals surface area contributed by atoms with Crippen LogP contribution < -0.4 is 5.32 Å². The van der Waals surface area contributed by atoms with Crippen LogP contribution in [0.5, 0.6) is 0 Å². The van der Waals surface area contributed by atoms with Gasteiger partial charge in [-0.05, 0) is 38.0 Å². The molecule has 0 saturated carbocycles. The van der Waals surface area contributed by atoms with Crippen LogP contribution in [0.4, 0.5) is 18.9 Å². The molecule has 0 radical (unpaired) electrons. The first-order valence-electron chi connectivity index (χ1n) is 6.06. The Kier molecular flexibility index (Phi) is 3.39. The van der Waals surface area contributed by atoms with E-state index in [1.807, 2.05) is 19.9 Å². The molecular weight excluding hydrogens is 253 g/mol. The zero-order valence-electron chi connectivity index (χ0n) is 11.0. The summed E-state index contributed by atoms with van der Waals surface area (Å²) < 4.78 is 38.6. The maximum absolute atomic E-state index is 12.9. The number of aryl methyl sites for hydroxylation is 2. The van der Waals surface area contributed by atoms with E-state index in [0.717, 1.165) is 22.6 Å². The minimum Gasteiger partial charge on any atom is -0.385 e. The summed E-state index contributed by atoms with van der Waals surface area (Å²) in [7, 11) is 0. The van der Waals surface area contributed by atoms with Crippen molar-refractivity contribution in [3.8, 4) is 0 Å². The predicted octanol–water partition coefficient (Wildman–Crippen LogP) is 4.30. The van der Waals surface area contributed by atoms with E-state index in [1.165, 1.54) is 0 Å². The second-order valence-corrected chi connectivity index (χ2v) is 4.51. The van der Waals surface area contributed by atoms with Crippen LogP contribution in [0, 0.1) is 13.8 Å². The molecule has 5 heteroatoms. The number of hydrogen-bond acceptors (Lipinski definition) is 2. The highest BCUT2D eigenvalue weighted by Crippen LogP contribution is 2.35. The summed E-state index contributed by atoms with van der Waals surface area (Å²) in [5, 5.41) is 3.75. The third kappa shape index (κ3) is 2.50. The number of pyridine rings is 1. The van der Waals surface area contributed by atoms with Crippen LogP contribution in [0.3, 0.4) is 0 Å². The largest absolute Gasteiger partial charge is 0.433 e. The van der Waals surface area contributed by atoms with Crippen molar-refractivity contribution in [2.75, 3.05) is 11.9 Å². The number of hydrogen-bond donors (Lipinski definition) is 1. The van der Waals surface area contributed by atoms with Gasteiger partial charge in [-0.2, -0.15) is 13.2 Å². The molecule has 102 valence electrons. The Morgan fingerprint density at radius 2 is 1.79 bits per heavy atom. The number of benzene rings is 1. The normalized spacial score (nSPS) is 11.9. The average Bonchev–Trinajstić information content (AvgIpc) is 2.33. The van der Waals surface area contributed by atoms with E-state index in [-0.39, 0.29) is 0 Å². The third-order valence-corrected chi connectivity index (χ3v) is 3.03. The van der Waals surface area contributed by atoms with Crippen LogP contribution >= 0.6 is 0 Å². The van der Waals surface area contributed by atoms with Crippen molar-refractivity contribution in [1.29, 1.82) is 0 Å². The molecular formula is C14H15F3N2. The SMILES string of the molecule is CCNc1cc(C(F)(F)F)nc2c(C)ccc(C)c12. The molecule has 1 aromatic heterocycles. The van der Waals surface area contributed by atoms with E-state index in [1.54, 1.807) is 13.0 Å². The number of aromatic nitrogens is 1. The summed E-state index contributed by atoms with van der Waals surface area (Å²) in [6.45, 7) is 6.05. The lowest BCUT2D eigenvalue weighted by Crippen LogP contribution is -2.10. The number of nitrogens with zero attached hydrogens (tertiary/aromatic N) is 1. The number of rotatable bonds is 2. The van der Waals surface area contributed by atoms with Crippen LogP contribution in [0.15, 0.2) is 18.2 Å². The molecule has 0 bridgehead atoms. The summed E-state index contributed by atoms with van der Waals surface area (Å²) in [4.78, 5) is 3.78. The second kappa shape index (κ2) is 4.72. The lowest BCUT2D eigenvalue weighted by molar-refractivity contribution is -0.140. The number of fused-ring (bicyclic) bond motifs is 1. The van der Waals surface area contributed by atoms with Crippen molar-refractivity contribution in [3.05, 3.63) is 35.0 Å². The van der Waals surface area contributed by atoms with Crippen LogP contribution in [0.2, 0.25) is 0 Å². The van der Waals surface area contributed by atoms with E-state index in [2.05, 4.69) is 10.3 Å². The zero-order chi connectivity index (χ0) is 14.2. The van der Waals surface area contributed by atoms with Gasteiger partial charge in [-0.15, -0.1) is 0 Å². The summed E-state index contributed by atoms with van der Waals surface area (Å²) in [6, 6.07) is 4.77. The van der Waals surface area contributed by atoms with Crippen LogP contribution in [0.25, 0.3) is 10.9 Å². The van der Waals surface area contributed by atoms with Gasteiger partial charge in [0.15, 0.2) is 0 Å². The first-order valence-corrected chi connectivity index (χ1v) is 6.06. The lowest BCUT2D eigenvalue weighted by atomic mass is 10.0. The van der Waals surface area contributed by atoms with E-state index >= 15 is 0 Å². The number of nitrogens with one attached hydrogen (secondary N) is 1. The number of halogens is 3. The highest BCUT2D eigenvalue weighted by molar-refractivity contribution is 5.96. The highest BCUT2D eigenvalue weighted by atomic mass is 19.4. The molecule has 0 aliphatic rings. The summed E-state index contributed by atoms with van der Waals surface area (Å²) in [5.41, 5.74) is 1.69. The van der Waals surface area contributed by atoms with Crippen molar-refractivity contribution in [1.82, 2.24) is 4.98 Å². The van der Waals surface area contributed by atoms with Gasteiger partial charge in [0, 0.05) is 17.6 Å². The van der Waals surface area contributed by atoms with Crippen molar-refractivity contribution < 1.29 is 13.2 Å². The van der Waals surface area contributed by atoms with Gasteiger partial charge >= 0.3 is 6.18 Å². The summed E-state index contributed by atoms with van der Waals surface area (Å²) >= 11 is 0. The zero-order valence-corrected chi connectivity index (χ0v) is 11.0. The Bertz CT molecular complexity index is 618. The Hall–Kier alpha value is -1.78. The molecule has 0 aliphatic heterocycles. The Balaban J connectivity index is 2.83. The average molecular weight is 268 g/mol. The molecule has 0 unspecified atom stereocenters. The van der Waals surface area contributed by atoms with Crippen LogP contribution in [0.1, 0.15) is 23.7 Å². The van der Waals surface area contributed by atoms with E-state index in [9.17, 15) is 13.2 Å². The lowest BCUT2D eigenvalue weighted by Gasteiger charge is -2.15. The van der Waals surface area contributed by atoms with Gasteiger partial charge in [-0.1, -0.05) is 12.1 Å². The molecule has 0 saturated heterocycles.